The van der Waals surface area contributed by atoms with E-state index >= 15 is 0 Å². The van der Waals surface area contributed by atoms with Gasteiger partial charge in [-0.3, -0.25) is 4.68 Å². The predicted molar refractivity (Wildman–Crippen MR) is 104 cm³/mol. The molecule has 2 rings (SSSR count). The summed E-state index contributed by atoms with van der Waals surface area (Å²) in [7, 11) is 0. The quantitative estimate of drug-likeness (QED) is 0.848. The Bertz CT molecular complexity index is 652. The number of anilines is 1. The van der Waals surface area contributed by atoms with Crippen LogP contribution < -0.4 is 15.4 Å². The summed E-state index contributed by atoms with van der Waals surface area (Å²) in [5.74, 6) is 2.67. The van der Waals surface area contributed by atoms with E-state index in [9.17, 15) is 0 Å². The third-order valence-corrected chi connectivity index (χ3v) is 4.17. The molecule has 140 valence electrons. The average molecular weight is 348 g/mol. The highest BCUT2D eigenvalue weighted by molar-refractivity contribution is 5.81. The number of aliphatic imine (C=N–C) groups is 1. The lowest BCUT2D eigenvalue weighted by Gasteiger charge is -2.22. The summed E-state index contributed by atoms with van der Waals surface area (Å²) in [6.07, 6.45) is 1.97. The standard InChI is InChI=1S/C19H33N5O/c1-12(2)11-16-9-10-25-18-17(22-15(5)20-14(4)21-16)13(3)24(23-18)19(6,7)8/h12,16,22H,5,9-11H2,1-4,6-8H3,(H,20,21)/t16-/m0/s1. The van der Waals surface area contributed by atoms with Gasteiger partial charge in [0, 0.05) is 12.5 Å². The molecule has 0 saturated carbocycles. The SMILES string of the molecule is C=C1/N=C(\C)N[C@H](CC(C)C)CCOc2nn(C(C)(C)C)c(C)c2N1. The molecule has 1 aromatic heterocycles. The van der Waals surface area contributed by atoms with Gasteiger partial charge in [0.25, 0.3) is 5.88 Å². The lowest BCUT2D eigenvalue weighted by Crippen LogP contribution is -2.35. The van der Waals surface area contributed by atoms with Gasteiger partial charge in [-0.1, -0.05) is 20.4 Å². The van der Waals surface area contributed by atoms with Crippen LogP contribution in [0.15, 0.2) is 17.4 Å². The van der Waals surface area contributed by atoms with Crippen LogP contribution in [0.4, 0.5) is 5.69 Å². The van der Waals surface area contributed by atoms with E-state index in [-0.39, 0.29) is 5.54 Å². The van der Waals surface area contributed by atoms with E-state index in [1.165, 1.54) is 0 Å². The topological polar surface area (TPSA) is 63.5 Å². The van der Waals surface area contributed by atoms with Crippen molar-refractivity contribution in [1.82, 2.24) is 15.1 Å². The number of nitrogens with zero attached hydrogens (tertiary/aromatic N) is 3. The molecule has 0 bridgehead atoms. The number of hydrogen-bond donors (Lipinski definition) is 2. The Kier molecular flexibility index (Phi) is 5.80. The number of ether oxygens (including phenoxy) is 1. The summed E-state index contributed by atoms with van der Waals surface area (Å²) in [4.78, 5) is 4.56. The van der Waals surface area contributed by atoms with Gasteiger partial charge < -0.3 is 15.4 Å². The summed E-state index contributed by atoms with van der Waals surface area (Å²) in [5, 5.41) is 11.5. The van der Waals surface area contributed by atoms with Crippen LogP contribution in [-0.2, 0) is 5.54 Å². The van der Waals surface area contributed by atoms with Crippen LogP contribution in [0.2, 0.25) is 0 Å². The van der Waals surface area contributed by atoms with Crippen molar-refractivity contribution in [2.75, 3.05) is 11.9 Å². The molecule has 1 aromatic rings. The number of nitrogens with one attached hydrogen (secondary N) is 2. The Morgan fingerprint density at radius 1 is 1.32 bits per heavy atom. The normalized spacial score (nSPS) is 21.4. The van der Waals surface area contributed by atoms with Gasteiger partial charge in [0.2, 0.25) is 0 Å². The van der Waals surface area contributed by atoms with Crippen LogP contribution in [-0.4, -0.2) is 28.3 Å². The fourth-order valence-corrected chi connectivity index (χ4v) is 3.19. The van der Waals surface area contributed by atoms with E-state index in [2.05, 4.69) is 61.9 Å². The molecule has 1 atom stereocenters. The largest absolute Gasteiger partial charge is 0.475 e. The van der Waals surface area contributed by atoms with Gasteiger partial charge in [0.05, 0.1) is 17.8 Å². The molecule has 1 aliphatic heterocycles. The third kappa shape index (κ3) is 5.00. The molecule has 25 heavy (non-hydrogen) atoms. The van der Waals surface area contributed by atoms with Gasteiger partial charge in [-0.15, -0.1) is 5.10 Å². The van der Waals surface area contributed by atoms with Crippen molar-refractivity contribution in [2.24, 2.45) is 10.9 Å². The first-order valence-electron chi connectivity index (χ1n) is 9.08. The molecule has 6 nitrogen and oxygen atoms in total. The summed E-state index contributed by atoms with van der Waals surface area (Å²) in [5.41, 5.74) is 1.74. The van der Waals surface area contributed by atoms with E-state index in [1.54, 1.807) is 0 Å². The first kappa shape index (κ1) is 19.3. The third-order valence-electron chi connectivity index (χ3n) is 4.17. The molecular formula is C19H33N5O. The molecule has 2 N–H and O–H groups in total. The van der Waals surface area contributed by atoms with Crippen LogP contribution in [0, 0.1) is 12.8 Å². The van der Waals surface area contributed by atoms with Crippen LogP contribution in [0.1, 0.15) is 60.1 Å². The zero-order valence-corrected chi connectivity index (χ0v) is 16.7. The number of hydrogen-bond acceptors (Lipinski definition) is 5. The highest BCUT2D eigenvalue weighted by Gasteiger charge is 2.24. The maximum atomic E-state index is 6.05. The fraction of sp³-hybridized carbons (Fsp3) is 0.684. The van der Waals surface area contributed by atoms with Crippen molar-refractivity contribution in [3.63, 3.8) is 0 Å². The van der Waals surface area contributed by atoms with E-state index in [1.807, 2.05) is 18.5 Å². The monoisotopic (exact) mass is 347 g/mol. The smallest absolute Gasteiger partial charge is 0.257 e. The van der Waals surface area contributed by atoms with Crippen molar-refractivity contribution in [3.05, 3.63) is 18.1 Å². The van der Waals surface area contributed by atoms with Gasteiger partial charge in [-0.2, -0.15) is 0 Å². The molecule has 0 saturated heterocycles. The summed E-state index contributed by atoms with van der Waals surface area (Å²) in [6.45, 7) is 19.5. The molecule has 0 spiro atoms. The molecule has 6 heteroatoms. The minimum absolute atomic E-state index is 0.124. The van der Waals surface area contributed by atoms with Gasteiger partial charge in [-0.05, 0) is 47.0 Å². The minimum Gasteiger partial charge on any atom is -0.475 e. The van der Waals surface area contributed by atoms with E-state index in [0.717, 1.165) is 30.1 Å². The van der Waals surface area contributed by atoms with E-state index in [0.29, 0.717) is 30.3 Å². The number of amidine groups is 1. The first-order chi connectivity index (χ1) is 11.6. The molecule has 2 heterocycles. The Morgan fingerprint density at radius 3 is 2.60 bits per heavy atom. The summed E-state index contributed by atoms with van der Waals surface area (Å²) < 4.78 is 8.04. The number of rotatable bonds is 2. The van der Waals surface area contributed by atoms with Crippen molar-refractivity contribution in [2.45, 2.75) is 72.9 Å². The second kappa shape index (κ2) is 7.50. The Labute approximate surface area is 151 Å². The van der Waals surface area contributed by atoms with E-state index < -0.39 is 0 Å². The predicted octanol–water partition coefficient (Wildman–Crippen LogP) is 4.03. The van der Waals surface area contributed by atoms with E-state index in [4.69, 9.17) is 4.74 Å². The molecule has 0 radical (unpaired) electrons. The maximum absolute atomic E-state index is 6.05. The van der Waals surface area contributed by atoms with Gasteiger partial charge >= 0.3 is 0 Å². The highest BCUT2D eigenvalue weighted by Crippen LogP contribution is 2.32. The molecular weight excluding hydrogens is 314 g/mol. The Morgan fingerprint density at radius 2 is 2.00 bits per heavy atom. The van der Waals surface area contributed by atoms with Crippen LogP contribution >= 0.6 is 0 Å². The summed E-state index contributed by atoms with van der Waals surface area (Å²) >= 11 is 0. The minimum atomic E-state index is -0.124. The Balaban J connectivity index is 2.35. The Hall–Kier alpha value is -1.98. The van der Waals surface area contributed by atoms with Crippen molar-refractivity contribution in [3.8, 4) is 5.88 Å². The first-order valence-corrected chi connectivity index (χ1v) is 9.08. The highest BCUT2D eigenvalue weighted by atomic mass is 16.5. The molecule has 0 unspecified atom stereocenters. The van der Waals surface area contributed by atoms with Crippen molar-refractivity contribution in [1.29, 1.82) is 0 Å². The van der Waals surface area contributed by atoms with Gasteiger partial charge in [-0.25, -0.2) is 4.99 Å². The zero-order chi connectivity index (χ0) is 18.8. The number of aromatic nitrogens is 2. The molecule has 0 aromatic carbocycles. The second-order valence-corrected chi connectivity index (χ2v) is 8.23. The van der Waals surface area contributed by atoms with Crippen LogP contribution in [0.3, 0.4) is 0 Å². The molecule has 0 amide bonds. The fourth-order valence-electron chi connectivity index (χ4n) is 3.19. The molecule has 0 aliphatic carbocycles. The zero-order valence-electron chi connectivity index (χ0n) is 16.7. The van der Waals surface area contributed by atoms with Gasteiger partial charge in [0.1, 0.15) is 17.3 Å². The van der Waals surface area contributed by atoms with Crippen molar-refractivity contribution < 1.29 is 4.74 Å². The molecule has 1 aliphatic rings. The van der Waals surface area contributed by atoms with Crippen LogP contribution in [0.5, 0.6) is 5.88 Å². The lowest BCUT2D eigenvalue weighted by molar-refractivity contribution is 0.262. The van der Waals surface area contributed by atoms with Crippen LogP contribution in [0.25, 0.3) is 0 Å². The maximum Gasteiger partial charge on any atom is 0.257 e. The summed E-state index contributed by atoms with van der Waals surface area (Å²) in [6, 6.07) is 0.323. The lowest BCUT2D eigenvalue weighted by atomic mass is 10.0. The second-order valence-electron chi connectivity index (χ2n) is 8.23. The average Bonchev–Trinajstić information content (AvgIpc) is 2.74. The molecule has 0 fully saturated rings. The number of fused-ring (bicyclic) bond motifs is 1. The van der Waals surface area contributed by atoms with Gasteiger partial charge in [0.15, 0.2) is 0 Å². The van der Waals surface area contributed by atoms with Crippen molar-refractivity contribution >= 4 is 11.5 Å².